The fraction of sp³-hybridized carbons (Fsp3) is 0.938. The van der Waals surface area contributed by atoms with Gasteiger partial charge in [-0.3, -0.25) is 4.79 Å². The first-order valence-corrected chi connectivity index (χ1v) is 24.0. The monoisotopic (exact) mass is 750 g/mol. The molecule has 0 aromatic carbocycles. The summed E-state index contributed by atoms with van der Waals surface area (Å²) in [7, 11) is 0. The quantitative estimate of drug-likeness (QED) is 0.0369. The molecule has 0 aromatic heterocycles. The smallest absolute Gasteiger partial charge is 0.220 e. The molecule has 3 atom stereocenters. The number of allylic oxidation sites excluding steroid dienone is 2. The maximum absolute atomic E-state index is 12.4. The fourth-order valence-corrected chi connectivity index (χ4v) is 7.63. The predicted molar refractivity (Wildman–Crippen MR) is 232 cm³/mol. The van der Waals surface area contributed by atoms with Crippen LogP contribution in [0.25, 0.3) is 0 Å². The average molecular weight is 750 g/mol. The standard InChI is InChI=1S/C48H95NO4/c1-3-5-7-9-11-13-15-17-19-20-21-22-23-24-25-26-27-29-31-33-35-37-39-41-43-47(52)49-45(44-50)48(53)46(51)42-40-38-36-34-32-30-28-18-16-14-12-10-8-6-4-2/h34,36,45-46,48,50-51,53H,3-33,35,37-44H2,1-2H3,(H,49,52)/b36-34+. The van der Waals surface area contributed by atoms with E-state index in [4.69, 9.17) is 0 Å². The molecule has 1 amide bonds. The van der Waals surface area contributed by atoms with Crippen LogP contribution in [0.1, 0.15) is 264 Å². The minimum atomic E-state index is -1.15. The van der Waals surface area contributed by atoms with E-state index in [0.29, 0.717) is 12.8 Å². The van der Waals surface area contributed by atoms with Crippen molar-refractivity contribution in [3.63, 3.8) is 0 Å². The molecule has 0 rings (SSSR count). The van der Waals surface area contributed by atoms with E-state index in [1.807, 2.05) is 0 Å². The molecule has 5 nitrogen and oxygen atoms in total. The summed E-state index contributed by atoms with van der Waals surface area (Å²) in [5, 5.41) is 33.5. The van der Waals surface area contributed by atoms with E-state index >= 15 is 0 Å². The van der Waals surface area contributed by atoms with E-state index < -0.39 is 18.2 Å². The number of rotatable bonds is 44. The van der Waals surface area contributed by atoms with Crippen molar-refractivity contribution in [2.24, 2.45) is 0 Å². The minimum Gasteiger partial charge on any atom is -0.394 e. The summed E-state index contributed by atoms with van der Waals surface area (Å²) in [5.41, 5.74) is 0. The maximum atomic E-state index is 12.4. The van der Waals surface area contributed by atoms with Gasteiger partial charge in [0.2, 0.25) is 5.91 Å². The first kappa shape index (κ1) is 52.1. The van der Waals surface area contributed by atoms with Gasteiger partial charge in [-0.2, -0.15) is 0 Å². The highest BCUT2D eigenvalue weighted by Crippen LogP contribution is 2.17. The summed E-state index contributed by atoms with van der Waals surface area (Å²) in [5.74, 6) is -0.149. The maximum Gasteiger partial charge on any atom is 0.220 e. The van der Waals surface area contributed by atoms with E-state index in [2.05, 4.69) is 31.3 Å². The van der Waals surface area contributed by atoms with Crippen molar-refractivity contribution in [3.8, 4) is 0 Å². The topological polar surface area (TPSA) is 89.8 Å². The van der Waals surface area contributed by atoms with Crippen molar-refractivity contribution in [1.82, 2.24) is 5.32 Å². The summed E-state index contributed by atoms with van der Waals surface area (Å²) in [6.45, 7) is 4.19. The molecular formula is C48H95NO4. The molecular weight excluding hydrogens is 655 g/mol. The van der Waals surface area contributed by atoms with Crippen molar-refractivity contribution in [2.75, 3.05) is 6.61 Å². The average Bonchev–Trinajstić information content (AvgIpc) is 3.16. The van der Waals surface area contributed by atoms with Crippen LogP contribution in [0.2, 0.25) is 0 Å². The molecule has 0 bridgehead atoms. The first-order valence-electron chi connectivity index (χ1n) is 24.0. The summed E-state index contributed by atoms with van der Waals surface area (Å²) in [6.07, 6.45) is 52.0. The molecule has 0 aliphatic heterocycles. The first-order chi connectivity index (χ1) is 26.1. The van der Waals surface area contributed by atoms with E-state index in [-0.39, 0.29) is 12.5 Å². The van der Waals surface area contributed by atoms with Gasteiger partial charge in [0.25, 0.3) is 0 Å². The molecule has 0 aromatic rings. The lowest BCUT2D eigenvalue weighted by Gasteiger charge is -2.26. The molecule has 0 fully saturated rings. The molecule has 0 heterocycles. The van der Waals surface area contributed by atoms with Gasteiger partial charge in [0.05, 0.1) is 18.8 Å². The molecule has 53 heavy (non-hydrogen) atoms. The minimum absolute atomic E-state index is 0.149. The Morgan fingerprint density at radius 1 is 0.453 bits per heavy atom. The molecule has 0 aliphatic carbocycles. The van der Waals surface area contributed by atoms with E-state index in [1.165, 1.54) is 199 Å². The zero-order chi connectivity index (χ0) is 38.7. The fourth-order valence-electron chi connectivity index (χ4n) is 7.63. The zero-order valence-corrected chi connectivity index (χ0v) is 35.9. The SMILES string of the molecule is CCCCCCCCCCCC/C=C/CCCC(O)C(O)C(CO)NC(=O)CCCCCCCCCCCCCCCCCCCCCCCCCC. The lowest BCUT2D eigenvalue weighted by molar-refractivity contribution is -0.124. The van der Waals surface area contributed by atoms with Crippen molar-refractivity contribution < 1.29 is 20.1 Å². The zero-order valence-electron chi connectivity index (χ0n) is 35.9. The Hall–Kier alpha value is -0.910. The molecule has 3 unspecified atom stereocenters. The second-order valence-electron chi connectivity index (χ2n) is 16.7. The largest absolute Gasteiger partial charge is 0.394 e. The number of unbranched alkanes of at least 4 members (excludes halogenated alkanes) is 34. The van der Waals surface area contributed by atoms with Crippen molar-refractivity contribution in [1.29, 1.82) is 0 Å². The van der Waals surface area contributed by atoms with E-state index in [9.17, 15) is 20.1 Å². The number of aliphatic hydroxyl groups is 3. The number of aliphatic hydroxyl groups excluding tert-OH is 3. The van der Waals surface area contributed by atoms with Gasteiger partial charge in [-0.05, 0) is 38.5 Å². The number of carbonyl (C=O) groups excluding carboxylic acids is 1. The summed E-state index contributed by atoms with van der Waals surface area (Å²) in [6, 6.07) is -0.821. The highest BCUT2D eigenvalue weighted by atomic mass is 16.3. The second kappa shape index (κ2) is 43.8. The van der Waals surface area contributed by atoms with E-state index in [1.54, 1.807) is 0 Å². The number of nitrogens with one attached hydrogen (secondary N) is 1. The summed E-state index contributed by atoms with van der Waals surface area (Å²) < 4.78 is 0. The van der Waals surface area contributed by atoms with Gasteiger partial charge in [-0.25, -0.2) is 0 Å². The van der Waals surface area contributed by atoms with Gasteiger partial charge in [0.1, 0.15) is 6.10 Å². The van der Waals surface area contributed by atoms with Crippen molar-refractivity contribution in [3.05, 3.63) is 12.2 Å². The van der Waals surface area contributed by atoms with Crippen LogP contribution in [0.5, 0.6) is 0 Å². The second-order valence-corrected chi connectivity index (χ2v) is 16.7. The molecule has 0 radical (unpaired) electrons. The van der Waals surface area contributed by atoms with E-state index in [0.717, 1.165) is 38.5 Å². The Bertz CT molecular complexity index is 743. The lowest BCUT2D eigenvalue weighted by atomic mass is 10.0. The van der Waals surface area contributed by atoms with Crippen LogP contribution in [0.3, 0.4) is 0 Å². The third-order valence-corrected chi connectivity index (χ3v) is 11.4. The summed E-state index contributed by atoms with van der Waals surface area (Å²) >= 11 is 0. The highest BCUT2D eigenvalue weighted by molar-refractivity contribution is 5.76. The van der Waals surface area contributed by atoms with Crippen LogP contribution in [-0.4, -0.2) is 46.1 Å². The normalized spacial score (nSPS) is 13.5. The Balaban J connectivity index is 3.56. The van der Waals surface area contributed by atoms with Crippen LogP contribution < -0.4 is 5.32 Å². The van der Waals surface area contributed by atoms with Crippen molar-refractivity contribution >= 4 is 5.91 Å². The van der Waals surface area contributed by atoms with Gasteiger partial charge < -0.3 is 20.6 Å². The lowest BCUT2D eigenvalue weighted by Crippen LogP contribution is -2.50. The van der Waals surface area contributed by atoms with Gasteiger partial charge in [-0.15, -0.1) is 0 Å². The number of amides is 1. The molecule has 316 valence electrons. The predicted octanol–water partition coefficient (Wildman–Crippen LogP) is 14.0. The third-order valence-electron chi connectivity index (χ3n) is 11.4. The van der Waals surface area contributed by atoms with Gasteiger partial charge in [0.15, 0.2) is 0 Å². The number of hydrogen-bond donors (Lipinski definition) is 4. The Morgan fingerprint density at radius 3 is 1.09 bits per heavy atom. The number of carbonyl (C=O) groups is 1. The van der Waals surface area contributed by atoms with Crippen LogP contribution in [0, 0.1) is 0 Å². The van der Waals surface area contributed by atoms with Crippen LogP contribution in [-0.2, 0) is 4.79 Å². The molecule has 0 saturated carbocycles. The molecule has 0 aliphatic rings. The van der Waals surface area contributed by atoms with Crippen molar-refractivity contribution in [2.45, 2.75) is 283 Å². The number of hydrogen-bond acceptors (Lipinski definition) is 4. The molecule has 5 heteroatoms. The summed E-state index contributed by atoms with van der Waals surface area (Å²) in [4.78, 5) is 12.4. The van der Waals surface area contributed by atoms with Gasteiger partial charge in [0, 0.05) is 6.42 Å². The molecule has 0 saturated heterocycles. The molecule has 4 N–H and O–H groups in total. The van der Waals surface area contributed by atoms with Crippen LogP contribution in [0.4, 0.5) is 0 Å². The Morgan fingerprint density at radius 2 is 0.755 bits per heavy atom. The van der Waals surface area contributed by atoms with Crippen LogP contribution in [0.15, 0.2) is 12.2 Å². The van der Waals surface area contributed by atoms with Gasteiger partial charge >= 0.3 is 0 Å². The Labute approximate surface area is 331 Å². The third kappa shape index (κ3) is 39.1. The Kier molecular flexibility index (Phi) is 43.1. The highest BCUT2D eigenvalue weighted by Gasteiger charge is 2.26. The van der Waals surface area contributed by atoms with Crippen LogP contribution >= 0.6 is 0 Å². The van der Waals surface area contributed by atoms with Gasteiger partial charge in [-0.1, -0.05) is 231 Å². The molecule has 0 spiro atoms.